The van der Waals surface area contributed by atoms with Gasteiger partial charge in [-0.1, -0.05) is 29.8 Å². The van der Waals surface area contributed by atoms with Crippen molar-refractivity contribution in [2.45, 2.75) is 25.7 Å². The summed E-state index contributed by atoms with van der Waals surface area (Å²) in [6.45, 7) is -1.70. The zero-order valence-corrected chi connectivity index (χ0v) is 20.3. The molecule has 0 bridgehead atoms. The molecule has 0 radical (unpaired) electrons. The first-order valence-corrected chi connectivity index (χ1v) is 11.3. The first-order chi connectivity index (χ1) is 18.7. The molecule has 15 heteroatoms. The molecule has 212 valence electrons. The van der Waals surface area contributed by atoms with Crippen molar-refractivity contribution in [2.75, 3.05) is 18.5 Å². The molecule has 1 amide bonds. The molecule has 40 heavy (non-hydrogen) atoms. The summed E-state index contributed by atoms with van der Waals surface area (Å²) in [6, 6.07) is 10.5. The quantitative estimate of drug-likeness (QED) is 0.235. The number of aryl methyl sites for hydroxylation is 1. The van der Waals surface area contributed by atoms with E-state index in [2.05, 4.69) is 24.9 Å². The molecule has 0 aliphatic rings. The largest absolute Gasteiger partial charge is 0.484 e. The number of nitrogens with zero attached hydrogens (tertiary/aromatic N) is 3. The van der Waals surface area contributed by atoms with Gasteiger partial charge >= 0.3 is 12.4 Å². The van der Waals surface area contributed by atoms with Crippen LogP contribution in [0, 0.1) is 6.92 Å². The highest BCUT2D eigenvalue weighted by atomic mass is 19.4. The zero-order chi connectivity index (χ0) is 29.2. The van der Waals surface area contributed by atoms with Crippen molar-refractivity contribution in [1.82, 2.24) is 14.6 Å². The summed E-state index contributed by atoms with van der Waals surface area (Å²) in [7, 11) is 0. The van der Waals surface area contributed by atoms with Crippen LogP contribution in [-0.2, 0) is 0 Å². The third-order valence-electron chi connectivity index (χ3n) is 5.26. The van der Waals surface area contributed by atoms with Gasteiger partial charge in [-0.05, 0) is 13.0 Å². The Balaban J connectivity index is 1.69. The number of carbonyl (C=O) groups excluding carboxylic acids is 1. The normalized spacial score (nSPS) is 12.2. The van der Waals surface area contributed by atoms with Crippen LogP contribution in [0.25, 0.3) is 16.9 Å². The minimum absolute atomic E-state index is 0.114. The number of fused-ring (bicyclic) bond motifs is 1. The lowest BCUT2D eigenvalue weighted by Gasteiger charge is -2.15. The van der Waals surface area contributed by atoms with Crippen LogP contribution in [0.15, 0.2) is 54.7 Å². The summed E-state index contributed by atoms with van der Waals surface area (Å²) in [6.07, 6.45) is -11.6. The Bertz CT molecular complexity index is 1480. The molecule has 1 N–H and O–H groups in total. The fourth-order valence-corrected chi connectivity index (χ4v) is 3.51. The van der Waals surface area contributed by atoms with Crippen LogP contribution in [0.3, 0.4) is 0 Å². The number of aromatic nitrogens is 3. The van der Waals surface area contributed by atoms with Gasteiger partial charge in [0.15, 0.2) is 18.9 Å². The third kappa shape index (κ3) is 7.15. The predicted molar refractivity (Wildman–Crippen MR) is 126 cm³/mol. The fraction of sp³-hybridized carbons (Fsp3) is 0.240. The highest BCUT2D eigenvalue weighted by Gasteiger charge is 2.30. The number of nitrogens with one attached hydrogen (secondary N) is 1. The zero-order valence-electron chi connectivity index (χ0n) is 20.3. The Hall–Kier alpha value is -4.43. The Morgan fingerprint density at radius 1 is 0.925 bits per heavy atom. The number of halogens is 8. The summed E-state index contributed by atoms with van der Waals surface area (Å²) in [5, 5.41) is 6.10. The van der Waals surface area contributed by atoms with Crippen LogP contribution in [0.1, 0.15) is 28.0 Å². The van der Waals surface area contributed by atoms with Gasteiger partial charge in [-0.15, -0.1) is 0 Å². The predicted octanol–water partition coefficient (Wildman–Crippen LogP) is 6.78. The van der Waals surface area contributed by atoms with Gasteiger partial charge in [-0.25, -0.2) is 18.3 Å². The van der Waals surface area contributed by atoms with Crippen LogP contribution >= 0.6 is 0 Å². The third-order valence-corrected chi connectivity index (χ3v) is 5.26. The second-order valence-electron chi connectivity index (χ2n) is 8.48. The number of ether oxygens (including phenoxy) is 2. The summed E-state index contributed by atoms with van der Waals surface area (Å²) < 4.78 is 113. The maximum atomic E-state index is 13.8. The average Bonchev–Trinajstić information content (AvgIpc) is 3.29. The second-order valence-corrected chi connectivity index (χ2v) is 8.48. The number of rotatable bonds is 8. The van der Waals surface area contributed by atoms with Crippen molar-refractivity contribution in [3.63, 3.8) is 0 Å². The first kappa shape index (κ1) is 28.6. The number of hydrogen-bond donors (Lipinski definition) is 1. The summed E-state index contributed by atoms with van der Waals surface area (Å²) >= 11 is 0. The minimum Gasteiger partial charge on any atom is -0.484 e. The molecular formula is C25H18F8N4O3. The van der Waals surface area contributed by atoms with Gasteiger partial charge in [-0.3, -0.25) is 4.79 Å². The molecule has 0 unspecified atom stereocenters. The lowest BCUT2D eigenvalue weighted by Crippen LogP contribution is -2.20. The van der Waals surface area contributed by atoms with E-state index in [1.807, 2.05) is 6.92 Å². The lowest BCUT2D eigenvalue weighted by molar-refractivity contribution is -0.153. The van der Waals surface area contributed by atoms with Crippen LogP contribution in [0.5, 0.6) is 11.5 Å². The van der Waals surface area contributed by atoms with Crippen molar-refractivity contribution in [3.8, 4) is 22.8 Å². The van der Waals surface area contributed by atoms with E-state index in [0.29, 0.717) is 5.56 Å². The fourth-order valence-electron chi connectivity index (χ4n) is 3.51. The van der Waals surface area contributed by atoms with Crippen LogP contribution in [0.4, 0.5) is 40.8 Å². The van der Waals surface area contributed by atoms with E-state index < -0.39 is 55.1 Å². The topological polar surface area (TPSA) is 77.8 Å². The summed E-state index contributed by atoms with van der Waals surface area (Å²) in [4.78, 5) is 17.4. The molecule has 0 atom stereocenters. The summed E-state index contributed by atoms with van der Waals surface area (Å²) in [5.41, 5.74) is 0.0729. The Labute approximate surface area is 220 Å². The van der Waals surface area contributed by atoms with Crippen LogP contribution in [0.2, 0.25) is 0 Å². The van der Waals surface area contributed by atoms with Gasteiger partial charge in [0.1, 0.15) is 22.8 Å². The maximum Gasteiger partial charge on any atom is 0.422 e. The Kier molecular flexibility index (Phi) is 7.84. The van der Waals surface area contributed by atoms with E-state index in [-0.39, 0.29) is 22.6 Å². The molecule has 2 aromatic carbocycles. The van der Waals surface area contributed by atoms with Crippen molar-refractivity contribution in [3.05, 3.63) is 71.5 Å². The maximum absolute atomic E-state index is 13.8. The molecule has 2 aromatic heterocycles. The standard InChI is InChI=1S/C25H18F8N4O3/c1-13-2-4-14(5-3-13)19-9-20(21(26)27)37-22(36-19)18(10-34-37)23(38)35-15-6-16(39-11-24(28,29)30)8-17(7-15)40-12-25(31,32)33/h2-10,21H,11-12H2,1H3,(H,35,38). The molecule has 4 aromatic rings. The molecule has 0 spiro atoms. The average molecular weight is 574 g/mol. The van der Waals surface area contributed by atoms with E-state index in [4.69, 9.17) is 0 Å². The Morgan fingerprint density at radius 2 is 1.50 bits per heavy atom. The molecule has 7 nitrogen and oxygen atoms in total. The van der Waals surface area contributed by atoms with Crippen molar-refractivity contribution in [2.24, 2.45) is 0 Å². The number of carbonyl (C=O) groups is 1. The van der Waals surface area contributed by atoms with Gasteiger partial charge < -0.3 is 14.8 Å². The van der Waals surface area contributed by atoms with Gasteiger partial charge in [0.2, 0.25) is 0 Å². The highest BCUT2D eigenvalue weighted by molar-refractivity contribution is 6.08. The number of hydrogen-bond acceptors (Lipinski definition) is 5. The molecule has 4 rings (SSSR count). The lowest BCUT2D eigenvalue weighted by atomic mass is 10.1. The molecule has 0 fully saturated rings. The molecule has 2 heterocycles. The SMILES string of the molecule is Cc1ccc(-c2cc(C(F)F)n3ncc(C(=O)Nc4cc(OCC(F)(F)F)cc(OCC(F)(F)F)c4)c3n2)cc1. The minimum atomic E-state index is -4.76. The van der Waals surface area contributed by atoms with Gasteiger partial charge in [0, 0.05) is 29.4 Å². The molecule has 0 saturated carbocycles. The molecular weight excluding hydrogens is 556 g/mol. The second kappa shape index (κ2) is 11.0. The van der Waals surface area contributed by atoms with E-state index >= 15 is 0 Å². The smallest absolute Gasteiger partial charge is 0.422 e. The van der Waals surface area contributed by atoms with E-state index in [9.17, 15) is 39.9 Å². The molecule has 0 aliphatic heterocycles. The van der Waals surface area contributed by atoms with Crippen LogP contribution in [-0.4, -0.2) is 46.1 Å². The molecule has 0 saturated heterocycles. The number of benzene rings is 2. The van der Waals surface area contributed by atoms with Gasteiger partial charge in [0.25, 0.3) is 12.3 Å². The number of anilines is 1. The number of alkyl halides is 8. The summed E-state index contributed by atoms with van der Waals surface area (Å²) in [5.74, 6) is -2.09. The van der Waals surface area contributed by atoms with Crippen molar-refractivity contribution < 1.29 is 49.4 Å². The van der Waals surface area contributed by atoms with E-state index in [1.54, 1.807) is 24.3 Å². The van der Waals surface area contributed by atoms with Gasteiger partial charge in [0.05, 0.1) is 11.9 Å². The van der Waals surface area contributed by atoms with E-state index in [0.717, 1.165) is 40.5 Å². The number of amides is 1. The first-order valence-electron chi connectivity index (χ1n) is 11.3. The monoisotopic (exact) mass is 574 g/mol. The highest BCUT2D eigenvalue weighted by Crippen LogP contribution is 2.31. The van der Waals surface area contributed by atoms with E-state index in [1.165, 1.54) is 0 Å². The van der Waals surface area contributed by atoms with Crippen LogP contribution < -0.4 is 14.8 Å². The van der Waals surface area contributed by atoms with Crippen molar-refractivity contribution >= 4 is 17.2 Å². The Morgan fingerprint density at radius 3 is 2.02 bits per heavy atom. The molecule has 0 aliphatic carbocycles. The van der Waals surface area contributed by atoms with Crippen molar-refractivity contribution in [1.29, 1.82) is 0 Å². The van der Waals surface area contributed by atoms with Gasteiger partial charge in [-0.2, -0.15) is 31.4 Å².